The molecule has 2 aliphatic carbocycles. The minimum Gasteiger partial charge on any atom is -0.493 e. The number of ether oxygens (including phenoxy) is 2. The van der Waals surface area contributed by atoms with Crippen LogP contribution in [0.5, 0.6) is 11.5 Å². The van der Waals surface area contributed by atoms with E-state index in [-0.39, 0.29) is 6.10 Å². The summed E-state index contributed by atoms with van der Waals surface area (Å²) in [6.45, 7) is 0. The number of carboxylic acid groups (broad SMARTS) is 1. The number of carbonyl (C=O) groups is 1. The molecule has 0 amide bonds. The molecule has 0 radical (unpaired) electrons. The van der Waals surface area contributed by atoms with Crippen molar-refractivity contribution in [2.45, 2.75) is 56.5 Å². The number of hydrogen-bond acceptors (Lipinski definition) is 3. The Hall–Kier alpha value is -1.42. The Morgan fingerprint density at radius 2 is 1.91 bits per heavy atom. The second kappa shape index (κ2) is 5.99. The Morgan fingerprint density at radius 3 is 2.41 bits per heavy atom. The number of carboxylic acids is 1. The van der Waals surface area contributed by atoms with Crippen molar-refractivity contribution in [1.29, 1.82) is 0 Å². The first-order valence-electron chi connectivity index (χ1n) is 7.85. The van der Waals surface area contributed by atoms with Crippen LogP contribution < -0.4 is 9.47 Å². The second-order valence-corrected chi connectivity index (χ2v) is 6.66. The Morgan fingerprint density at radius 1 is 1.23 bits per heavy atom. The monoisotopic (exact) mass is 324 g/mol. The largest absolute Gasteiger partial charge is 0.493 e. The van der Waals surface area contributed by atoms with Crippen molar-refractivity contribution < 1.29 is 19.4 Å². The standard InChI is InChI=1S/C17H21ClO4/c1-21-14-10-13(18)12(9-15(14)22-11-5-4-6-11)17(16(19)20)7-2-3-8-17/h9-11H,2-8H2,1H3,(H,19,20). The lowest BCUT2D eigenvalue weighted by Gasteiger charge is -2.30. The number of aliphatic carboxylic acids is 1. The van der Waals surface area contributed by atoms with Crippen molar-refractivity contribution in [2.24, 2.45) is 0 Å². The van der Waals surface area contributed by atoms with Gasteiger partial charge in [-0.15, -0.1) is 0 Å². The van der Waals surface area contributed by atoms with Gasteiger partial charge in [-0.3, -0.25) is 4.79 Å². The highest BCUT2D eigenvalue weighted by Gasteiger charge is 2.44. The minimum atomic E-state index is -0.888. The molecule has 22 heavy (non-hydrogen) atoms. The molecule has 0 saturated heterocycles. The first kappa shape index (κ1) is 15.5. The topological polar surface area (TPSA) is 55.8 Å². The molecule has 1 aromatic rings. The van der Waals surface area contributed by atoms with Crippen LogP contribution in [0.25, 0.3) is 0 Å². The molecule has 0 heterocycles. The van der Waals surface area contributed by atoms with E-state index in [0.717, 1.165) is 25.7 Å². The van der Waals surface area contributed by atoms with Crippen LogP contribution in [0.1, 0.15) is 50.5 Å². The number of methoxy groups -OCH3 is 1. The summed E-state index contributed by atoms with van der Waals surface area (Å²) in [5.41, 5.74) is -0.226. The molecule has 1 N–H and O–H groups in total. The van der Waals surface area contributed by atoms with Crippen LogP contribution >= 0.6 is 11.6 Å². The van der Waals surface area contributed by atoms with E-state index < -0.39 is 11.4 Å². The minimum absolute atomic E-state index is 0.201. The lowest BCUT2D eigenvalue weighted by Crippen LogP contribution is -2.33. The van der Waals surface area contributed by atoms with Gasteiger partial charge in [0, 0.05) is 11.1 Å². The van der Waals surface area contributed by atoms with Crippen LogP contribution in [0.15, 0.2) is 12.1 Å². The SMILES string of the molecule is COc1cc(Cl)c(C2(C(=O)O)CCCC2)cc1OC1CCC1. The molecule has 0 aliphatic heterocycles. The van der Waals surface area contributed by atoms with E-state index in [4.69, 9.17) is 21.1 Å². The fraction of sp³-hybridized carbons (Fsp3) is 0.588. The van der Waals surface area contributed by atoms with Crippen molar-refractivity contribution in [1.82, 2.24) is 0 Å². The summed E-state index contributed by atoms with van der Waals surface area (Å²) in [5.74, 6) is 0.380. The maximum atomic E-state index is 11.9. The third-order valence-electron chi connectivity index (χ3n) is 4.98. The Bertz CT molecular complexity index is 574. The first-order chi connectivity index (χ1) is 10.6. The smallest absolute Gasteiger partial charge is 0.314 e. The van der Waals surface area contributed by atoms with Gasteiger partial charge in [0.2, 0.25) is 0 Å². The molecule has 1 aromatic carbocycles. The van der Waals surface area contributed by atoms with Crippen molar-refractivity contribution in [3.8, 4) is 11.5 Å². The molecule has 5 heteroatoms. The lowest BCUT2D eigenvalue weighted by molar-refractivity contribution is -0.143. The zero-order valence-electron chi connectivity index (χ0n) is 12.7. The molecule has 0 aromatic heterocycles. The fourth-order valence-corrected chi connectivity index (χ4v) is 3.73. The number of benzene rings is 1. The Kier molecular flexibility index (Phi) is 4.22. The van der Waals surface area contributed by atoms with Gasteiger partial charge in [0.25, 0.3) is 0 Å². The first-order valence-corrected chi connectivity index (χ1v) is 8.23. The summed E-state index contributed by atoms with van der Waals surface area (Å²) in [4.78, 5) is 11.9. The molecule has 2 aliphatic rings. The van der Waals surface area contributed by atoms with Gasteiger partial charge in [-0.2, -0.15) is 0 Å². The summed E-state index contributed by atoms with van der Waals surface area (Å²) >= 11 is 6.38. The van der Waals surface area contributed by atoms with Crippen LogP contribution in [-0.4, -0.2) is 24.3 Å². The normalized spacial score (nSPS) is 20.5. The van der Waals surface area contributed by atoms with E-state index >= 15 is 0 Å². The van der Waals surface area contributed by atoms with E-state index in [1.54, 1.807) is 19.2 Å². The number of halogens is 1. The molecule has 120 valence electrons. The molecule has 0 unspecified atom stereocenters. The maximum absolute atomic E-state index is 11.9. The summed E-state index contributed by atoms with van der Waals surface area (Å²) in [6, 6.07) is 3.48. The molecule has 2 fully saturated rings. The molecular weight excluding hydrogens is 304 g/mol. The van der Waals surface area contributed by atoms with Crippen molar-refractivity contribution in [2.75, 3.05) is 7.11 Å². The predicted octanol–water partition coefficient (Wildman–Crippen LogP) is 4.18. The van der Waals surface area contributed by atoms with Gasteiger partial charge in [0.05, 0.1) is 18.6 Å². The highest BCUT2D eigenvalue weighted by atomic mass is 35.5. The van der Waals surface area contributed by atoms with Gasteiger partial charge in [0.15, 0.2) is 11.5 Å². The third kappa shape index (κ3) is 2.54. The Labute approximate surface area is 135 Å². The molecule has 4 nitrogen and oxygen atoms in total. The van der Waals surface area contributed by atoms with Crippen LogP contribution in [-0.2, 0) is 10.2 Å². The molecule has 0 spiro atoms. The van der Waals surface area contributed by atoms with Crippen molar-refractivity contribution in [3.63, 3.8) is 0 Å². The van der Waals surface area contributed by atoms with E-state index in [1.807, 2.05) is 0 Å². The van der Waals surface area contributed by atoms with Crippen molar-refractivity contribution in [3.05, 3.63) is 22.7 Å². The van der Waals surface area contributed by atoms with Gasteiger partial charge in [-0.1, -0.05) is 24.4 Å². The number of hydrogen-bond donors (Lipinski definition) is 1. The van der Waals surface area contributed by atoms with Crippen LogP contribution in [0, 0.1) is 0 Å². The van der Waals surface area contributed by atoms with Gasteiger partial charge in [-0.05, 0) is 43.7 Å². The maximum Gasteiger partial charge on any atom is 0.314 e. The lowest BCUT2D eigenvalue weighted by atomic mass is 9.78. The highest BCUT2D eigenvalue weighted by Crippen LogP contribution is 2.47. The van der Waals surface area contributed by atoms with E-state index in [9.17, 15) is 9.90 Å². The average molecular weight is 325 g/mol. The van der Waals surface area contributed by atoms with Gasteiger partial charge in [-0.25, -0.2) is 0 Å². The summed E-state index contributed by atoms with van der Waals surface area (Å²) < 4.78 is 11.3. The molecule has 3 rings (SSSR count). The quantitative estimate of drug-likeness (QED) is 0.883. The van der Waals surface area contributed by atoms with Crippen LogP contribution in [0.3, 0.4) is 0 Å². The van der Waals surface area contributed by atoms with E-state index in [2.05, 4.69) is 0 Å². The second-order valence-electron chi connectivity index (χ2n) is 6.25. The summed E-state index contributed by atoms with van der Waals surface area (Å²) in [7, 11) is 1.57. The molecule has 0 bridgehead atoms. The summed E-state index contributed by atoms with van der Waals surface area (Å²) in [6.07, 6.45) is 6.51. The average Bonchev–Trinajstić information content (AvgIpc) is 2.94. The predicted molar refractivity (Wildman–Crippen MR) is 84.1 cm³/mol. The van der Waals surface area contributed by atoms with Crippen molar-refractivity contribution >= 4 is 17.6 Å². The zero-order valence-corrected chi connectivity index (χ0v) is 13.5. The van der Waals surface area contributed by atoms with Gasteiger partial charge in [0.1, 0.15) is 0 Å². The summed E-state index contributed by atoms with van der Waals surface area (Å²) in [5, 5.41) is 10.2. The van der Waals surface area contributed by atoms with E-state index in [0.29, 0.717) is 34.9 Å². The van der Waals surface area contributed by atoms with Gasteiger partial charge < -0.3 is 14.6 Å². The molecular formula is C17H21ClO4. The molecule has 0 atom stereocenters. The van der Waals surface area contributed by atoms with Crippen LogP contribution in [0.4, 0.5) is 0 Å². The van der Waals surface area contributed by atoms with Gasteiger partial charge >= 0.3 is 5.97 Å². The fourth-order valence-electron chi connectivity index (χ4n) is 3.40. The van der Waals surface area contributed by atoms with Crippen LogP contribution in [0.2, 0.25) is 5.02 Å². The highest BCUT2D eigenvalue weighted by molar-refractivity contribution is 6.32. The van der Waals surface area contributed by atoms with E-state index in [1.165, 1.54) is 6.42 Å². The third-order valence-corrected chi connectivity index (χ3v) is 5.29. The number of rotatable bonds is 5. The Balaban J connectivity index is 2.02. The zero-order chi connectivity index (χ0) is 15.7. The molecule has 2 saturated carbocycles.